The molecule has 1 aliphatic heterocycles. The summed E-state index contributed by atoms with van der Waals surface area (Å²) in [7, 11) is 0. The number of carbonyl (C=O) groups is 1. The highest BCUT2D eigenvalue weighted by Crippen LogP contribution is 2.37. The summed E-state index contributed by atoms with van der Waals surface area (Å²) < 4.78 is 2.22. The average Bonchev–Trinajstić information content (AvgIpc) is 3.26. The molecule has 3 aromatic carbocycles. The van der Waals surface area contributed by atoms with Crippen LogP contribution >= 0.6 is 0 Å². The molecule has 1 aliphatic rings. The van der Waals surface area contributed by atoms with E-state index in [0.717, 1.165) is 33.8 Å². The third kappa shape index (κ3) is 4.01. The van der Waals surface area contributed by atoms with Crippen LogP contribution in [0.5, 0.6) is 0 Å². The fraction of sp³-hybridized carbons (Fsp3) is 0.233. The highest BCUT2D eigenvalue weighted by molar-refractivity contribution is 5.90. The van der Waals surface area contributed by atoms with E-state index >= 15 is 0 Å². The SMILES string of the molecule is Cc1ccc(NC(=O)N2Cc3ccccc3-n3cccc3C2c2ccc(C(C)C)cc2)cc1C. The Kier molecular flexibility index (Phi) is 5.74. The van der Waals surface area contributed by atoms with Gasteiger partial charge in [0.2, 0.25) is 0 Å². The number of aryl methyl sites for hydroxylation is 2. The van der Waals surface area contributed by atoms with E-state index in [0.29, 0.717) is 12.5 Å². The van der Waals surface area contributed by atoms with Crippen LogP contribution in [0, 0.1) is 13.8 Å². The third-order valence-corrected chi connectivity index (χ3v) is 6.90. The maximum atomic E-state index is 13.8. The molecule has 0 fully saturated rings. The first-order valence-corrected chi connectivity index (χ1v) is 11.9. The highest BCUT2D eigenvalue weighted by Gasteiger charge is 2.33. The third-order valence-electron chi connectivity index (χ3n) is 6.90. The first-order chi connectivity index (χ1) is 16.4. The number of nitrogens with zero attached hydrogens (tertiary/aromatic N) is 2. The van der Waals surface area contributed by atoms with Crippen LogP contribution in [0.3, 0.4) is 0 Å². The van der Waals surface area contributed by atoms with Crippen LogP contribution in [0.15, 0.2) is 85.1 Å². The average molecular weight is 450 g/mol. The maximum Gasteiger partial charge on any atom is 0.322 e. The predicted octanol–water partition coefficient (Wildman–Crippen LogP) is 7.35. The number of amides is 2. The zero-order chi connectivity index (χ0) is 23.8. The van der Waals surface area contributed by atoms with Gasteiger partial charge in [0.05, 0.1) is 18.3 Å². The van der Waals surface area contributed by atoms with Gasteiger partial charge in [-0.2, -0.15) is 0 Å². The largest absolute Gasteiger partial charge is 0.322 e. The monoisotopic (exact) mass is 449 g/mol. The Bertz CT molecular complexity index is 1330. The Balaban J connectivity index is 1.60. The van der Waals surface area contributed by atoms with Crippen LogP contribution in [-0.2, 0) is 6.54 Å². The second kappa shape index (κ2) is 8.86. The molecule has 0 spiro atoms. The van der Waals surface area contributed by atoms with Gasteiger partial charge in [0.15, 0.2) is 0 Å². The van der Waals surface area contributed by atoms with Crippen molar-refractivity contribution in [2.24, 2.45) is 0 Å². The number of urea groups is 1. The van der Waals surface area contributed by atoms with Gasteiger partial charge in [0.1, 0.15) is 0 Å². The number of nitrogens with one attached hydrogen (secondary N) is 1. The summed E-state index contributed by atoms with van der Waals surface area (Å²) in [5, 5.41) is 3.17. The zero-order valence-electron chi connectivity index (χ0n) is 20.2. The molecule has 0 bridgehead atoms. The van der Waals surface area contributed by atoms with Crippen molar-refractivity contribution in [1.29, 1.82) is 0 Å². The van der Waals surface area contributed by atoms with Crippen molar-refractivity contribution in [3.05, 3.63) is 119 Å². The molecule has 1 atom stereocenters. The van der Waals surface area contributed by atoms with Gasteiger partial charge in [0, 0.05) is 17.6 Å². The number of hydrogen-bond donors (Lipinski definition) is 1. The molecule has 2 heterocycles. The van der Waals surface area contributed by atoms with Gasteiger partial charge in [-0.15, -0.1) is 0 Å². The van der Waals surface area contributed by atoms with Gasteiger partial charge >= 0.3 is 6.03 Å². The summed E-state index contributed by atoms with van der Waals surface area (Å²) >= 11 is 0. The number of fused-ring (bicyclic) bond motifs is 3. The Morgan fingerprint density at radius 3 is 2.41 bits per heavy atom. The number of benzene rings is 3. The summed E-state index contributed by atoms with van der Waals surface area (Å²) in [4.78, 5) is 15.8. The second-order valence-corrected chi connectivity index (χ2v) is 9.51. The van der Waals surface area contributed by atoms with Crippen molar-refractivity contribution in [1.82, 2.24) is 9.47 Å². The van der Waals surface area contributed by atoms with Crippen LogP contribution in [0.1, 0.15) is 59.3 Å². The molecule has 0 radical (unpaired) electrons. The van der Waals surface area contributed by atoms with Crippen LogP contribution < -0.4 is 5.32 Å². The van der Waals surface area contributed by atoms with Gasteiger partial charge in [-0.05, 0) is 77.9 Å². The zero-order valence-corrected chi connectivity index (χ0v) is 20.2. The maximum absolute atomic E-state index is 13.8. The van der Waals surface area contributed by atoms with Crippen molar-refractivity contribution in [2.75, 3.05) is 5.32 Å². The normalized spacial score (nSPS) is 15.0. The molecule has 4 aromatic rings. The van der Waals surface area contributed by atoms with E-state index in [2.05, 4.69) is 104 Å². The van der Waals surface area contributed by atoms with Gasteiger partial charge in [-0.3, -0.25) is 0 Å². The molecule has 0 saturated heterocycles. The number of para-hydroxylation sites is 1. The predicted molar refractivity (Wildman–Crippen MR) is 139 cm³/mol. The first kappa shape index (κ1) is 22.0. The second-order valence-electron chi connectivity index (χ2n) is 9.51. The van der Waals surface area contributed by atoms with E-state index in [1.807, 2.05) is 23.1 Å². The Hall–Kier alpha value is -3.79. The van der Waals surface area contributed by atoms with E-state index in [1.165, 1.54) is 11.1 Å². The van der Waals surface area contributed by atoms with Gasteiger partial charge in [-0.1, -0.05) is 62.4 Å². The topological polar surface area (TPSA) is 37.3 Å². The fourth-order valence-corrected chi connectivity index (χ4v) is 4.77. The van der Waals surface area contributed by atoms with Gasteiger partial charge in [0.25, 0.3) is 0 Å². The lowest BCUT2D eigenvalue weighted by Gasteiger charge is -2.31. The number of hydrogen-bond acceptors (Lipinski definition) is 1. The Morgan fingerprint density at radius 1 is 0.912 bits per heavy atom. The van der Waals surface area contributed by atoms with E-state index in [-0.39, 0.29) is 12.1 Å². The minimum Gasteiger partial charge on any atom is -0.318 e. The molecule has 0 aliphatic carbocycles. The number of rotatable bonds is 3. The van der Waals surface area contributed by atoms with Crippen LogP contribution in [-0.4, -0.2) is 15.5 Å². The molecule has 5 rings (SSSR count). The van der Waals surface area contributed by atoms with Crippen LogP contribution in [0.4, 0.5) is 10.5 Å². The number of carbonyl (C=O) groups excluding carboxylic acids is 1. The number of aromatic nitrogens is 1. The smallest absolute Gasteiger partial charge is 0.318 e. The summed E-state index contributed by atoms with van der Waals surface area (Å²) in [6, 6.07) is 27.0. The van der Waals surface area contributed by atoms with E-state index in [9.17, 15) is 4.79 Å². The first-order valence-electron chi connectivity index (χ1n) is 11.9. The van der Waals surface area contributed by atoms with Crippen molar-refractivity contribution in [3.8, 4) is 5.69 Å². The van der Waals surface area contributed by atoms with Crippen molar-refractivity contribution >= 4 is 11.7 Å². The van der Waals surface area contributed by atoms with Crippen LogP contribution in [0.25, 0.3) is 5.69 Å². The lowest BCUT2D eigenvalue weighted by molar-refractivity contribution is 0.194. The van der Waals surface area contributed by atoms with Gasteiger partial charge in [-0.25, -0.2) is 4.79 Å². The number of anilines is 1. The molecule has 172 valence electrons. The van der Waals surface area contributed by atoms with Crippen LogP contribution in [0.2, 0.25) is 0 Å². The lowest BCUT2D eigenvalue weighted by atomic mass is 9.97. The standard InChI is InChI=1S/C30H31N3O/c1-20(2)23-12-14-24(15-13-23)29-28-10-7-17-32(28)27-9-6-5-8-25(27)19-33(29)30(34)31-26-16-11-21(3)22(4)18-26/h5-18,20,29H,19H2,1-4H3,(H,31,34). The summed E-state index contributed by atoms with van der Waals surface area (Å²) in [5.74, 6) is 0.459. The minimum absolute atomic E-state index is 0.106. The molecule has 1 aromatic heterocycles. The molecule has 1 N–H and O–H groups in total. The summed E-state index contributed by atoms with van der Waals surface area (Å²) in [6.45, 7) is 9.07. The minimum atomic E-state index is -0.213. The summed E-state index contributed by atoms with van der Waals surface area (Å²) in [6.07, 6.45) is 2.09. The van der Waals surface area contributed by atoms with E-state index in [4.69, 9.17) is 0 Å². The van der Waals surface area contributed by atoms with E-state index in [1.54, 1.807) is 0 Å². The highest BCUT2D eigenvalue weighted by atomic mass is 16.2. The fourth-order valence-electron chi connectivity index (χ4n) is 4.77. The Labute approximate surface area is 201 Å². The molecule has 4 nitrogen and oxygen atoms in total. The molecular weight excluding hydrogens is 418 g/mol. The van der Waals surface area contributed by atoms with E-state index < -0.39 is 0 Å². The quantitative estimate of drug-likeness (QED) is 0.349. The van der Waals surface area contributed by atoms with Gasteiger partial charge < -0.3 is 14.8 Å². The molecule has 1 unspecified atom stereocenters. The van der Waals surface area contributed by atoms with Crippen molar-refractivity contribution < 1.29 is 4.79 Å². The summed E-state index contributed by atoms with van der Waals surface area (Å²) in [5.41, 5.74) is 8.91. The lowest BCUT2D eigenvalue weighted by Crippen LogP contribution is -2.38. The molecule has 4 heteroatoms. The molecular formula is C30H31N3O. The molecule has 0 saturated carbocycles. The van der Waals surface area contributed by atoms with Crippen molar-refractivity contribution in [2.45, 2.75) is 46.2 Å². The molecule has 34 heavy (non-hydrogen) atoms. The van der Waals surface area contributed by atoms with Crippen molar-refractivity contribution in [3.63, 3.8) is 0 Å². The molecule has 2 amide bonds. The Morgan fingerprint density at radius 2 is 1.68 bits per heavy atom.